The van der Waals surface area contributed by atoms with E-state index in [1.165, 1.54) is 12.8 Å². The van der Waals surface area contributed by atoms with Gasteiger partial charge < -0.3 is 4.74 Å². The predicted molar refractivity (Wildman–Crippen MR) is 81.3 cm³/mol. The number of benzene rings is 2. The average molecular weight is 268 g/mol. The van der Waals surface area contributed by atoms with Crippen LogP contribution >= 0.6 is 0 Å². The van der Waals surface area contributed by atoms with E-state index in [1.807, 2.05) is 36.4 Å². The van der Waals surface area contributed by atoms with Crippen molar-refractivity contribution in [3.63, 3.8) is 0 Å². The van der Waals surface area contributed by atoms with Crippen LogP contribution in [0.4, 0.5) is 0 Å². The number of ketones is 1. The van der Waals surface area contributed by atoms with Gasteiger partial charge in [-0.25, -0.2) is 0 Å². The Kier molecular flexibility index (Phi) is 3.47. The lowest BCUT2D eigenvalue weighted by Crippen LogP contribution is -2.17. The summed E-state index contributed by atoms with van der Waals surface area (Å²) >= 11 is 0. The van der Waals surface area contributed by atoms with Gasteiger partial charge >= 0.3 is 0 Å². The number of hydrogen-bond acceptors (Lipinski definition) is 2. The van der Waals surface area contributed by atoms with Crippen LogP contribution in [0.1, 0.15) is 36.5 Å². The molecule has 2 atom stereocenters. The molecule has 0 amide bonds. The quantitative estimate of drug-likeness (QED) is 0.768. The van der Waals surface area contributed by atoms with Gasteiger partial charge in [-0.1, -0.05) is 31.5 Å². The Bertz CT molecular complexity index is 645. The number of Topliss-reactive ketones (excluding diaryl/α,β-unsaturated/α-hetero) is 1. The van der Waals surface area contributed by atoms with Crippen LogP contribution in [-0.2, 0) is 0 Å². The Hall–Kier alpha value is -1.83. The van der Waals surface area contributed by atoms with Crippen LogP contribution in [0.25, 0.3) is 10.8 Å². The zero-order chi connectivity index (χ0) is 14.1. The molecule has 0 aliphatic heterocycles. The molecule has 0 aromatic heterocycles. The van der Waals surface area contributed by atoms with E-state index in [-0.39, 0.29) is 5.92 Å². The molecule has 1 aliphatic carbocycles. The molecule has 1 aliphatic rings. The maximum atomic E-state index is 12.6. The van der Waals surface area contributed by atoms with Gasteiger partial charge in [-0.3, -0.25) is 4.79 Å². The van der Waals surface area contributed by atoms with E-state index < -0.39 is 0 Å². The summed E-state index contributed by atoms with van der Waals surface area (Å²) in [5, 5.41) is 2.21. The molecule has 3 rings (SSSR count). The van der Waals surface area contributed by atoms with Gasteiger partial charge in [0.2, 0.25) is 0 Å². The van der Waals surface area contributed by atoms with Gasteiger partial charge in [-0.05, 0) is 47.7 Å². The molecule has 104 valence electrons. The fourth-order valence-corrected chi connectivity index (χ4v) is 3.25. The third-order valence-corrected chi connectivity index (χ3v) is 4.53. The van der Waals surface area contributed by atoms with E-state index in [4.69, 9.17) is 4.74 Å². The molecule has 1 saturated carbocycles. The van der Waals surface area contributed by atoms with Gasteiger partial charge in [0.15, 0.2) is 5.78 Å². The van der Waals surface area contributed by atoms with Crippen molar-refractivity contribution in [2.24, 2.45) is 11.8 Å². The second-order valence-electron chi connectivity index (χ2n) is 5.81. The summed E-state index contributed by atoms with van der Waals surface area (Å²) in [6.07, 6.45) is 3.41. The highest BCUT2D eigenvalue weighted by atomic mass is 16.5. The predicted octanol–water partition coefficient (Wildman–Crippen LogP) is 4.47. The monoisotopic (exact) mass is 268 g/mol. The topological polar surface area (TPSA) is 26.3 Å². The number of ether oxygens (including phenoxy) is 1. The number of rotatable bonds is 3. The second kappa shape index (κ2) is 5.28. The summed E-state index contributed by atoms with van der Waals surface area (Å²) in [6.45, 7) is 2.20. The van der Waals surface area contributed by atoms with Crippen LogP contribution in [0.2, 0.25) is 0 Å². The Morgan fingerprint density at radius 2 is 1.85 bits per heavy atom. The first kappa shape index (κ1) is 13.2. The largest absolute Gasteiger partial charge is 0.497 e. The van der Waals surface area contributed by atoms with Crippen molar-refractivity contribution in [1.82, 2.24) is 0 Å². The average Bonchev–Trinajstić information content (AvgIpc) is 2.91. The zero-order valence-electron chi connectivity index (χ0n) is 12.1. The van der Waals surface area contributed by atoms with Crippen molar-refractivity contribution in [2.45, 2.75) is 26.2 Å². The smallest absolute Gasteiger partial charge is 0.166 e. The fourth-order valence-electron chi connectivity index (χ4n) is 3.25. The maximum Gasteiger partial charge on any atom is 0.166 e. The van der Waals surface area contributed by atoms with Gasteiger partial charge in [0.25, 0.3) is 0 Å². The summed E-state index contributed by atoms with van der Waals surface area (Å²) in [5.41, 5.74) is 0.849. The van der Waals surface area contributed by atoms with Gasteiger partial charge in [0.05, 0.1) is 7.11 Å². The maximum absolute atomic E-state index is 12.6. The minimum atomic E-state index is 0.214. The van der Waals surface area contributed by atoms with Crippen molar-refractivity contribution >= 4 is 16.6 Å². The normalized spacial score (nSPS) is 22.1. The Morgan fingerprint density at radius 1 is 1.10 bits per heavy atom. The van der Waals surface area contributed by atoms with Crippen molar-refractivity contribution < 1.29 is 9.53 Å². The van der Waals surface area contributed by atoms with Gasteiger partial charge in [-0.2, -0.15) is 0 Å². The minimum Gasteiger partial charge on any atom is -0.497 e. The lowest BCUT2D eigenvalue weighted by molar-refractivity contribution is 0.0897. The van der Waals surface area contributed by atoms with Crippen LogP contribution in [0.3, 0.4) is 0 Å². The van der Waals surface area contributed by atoms with Crippen molar-refractivity contribution in [2.75, 3.05) is 7.11 Å². The minimum absolute atomic E-state index is 0.214. The summed E-state index contributed by atoms with van der Waals surface area (Å²) in [4.78, 5) is 12.6. The summed E-state index contributed by atoms with van der Waals surface area (Å²) in [5.74, 6) is 1.90. The summed E-state index contributed by atoms with van der Waals surface area (Å²) in [6, 6.07) is 11.9. The highest BCUT2D eigenvalue weighted by Gasteiger charge is 2.30. The molecule has 2 aromatic rings. The Balaban J connectivity index is 1.94. The van der Waals surface area contributed by atoms with Crippen LogP contribution < -0.4 is 4.74 Å². The third-order valence-electron chi connectivity index (χ3n) is 4.53. The molecule has 20 heavy (non-hydrogen) atoms. The van der Waals surface area contributed by atoms with Gasteiger partial charge in [-0.15, -0.1) is 0 Å². The van der Waals surface area contributed by atoms with Crippen LogP contribution in [0.5, 0.6) is 5.75 Å². The molecule has 0 spiro atoms. The van der Waals surface area contributed by atoms with Gasteiger partial charge in [0.1, 0.15) is 5.75 Å². The fraction of sp³-hybridized carbons (Fsp3) is 0.389. The van der Waals surface area contributed by atoms with Crippen molar-refractivity contribution in [3.8, 4) is 5.75 Å². The van der Waals surface area contributed by atoms with E-state index in [1.54, 1.807) is 7.11 Å². The molecule has 2 nitrogen and oxygen atoms in total. The van der Waals surface area contributed by atoms with Crippen LogP contribution in [0.15, 0.2) is 36.4 Å². The molecule has 2 unspecified atom stereocenters. The highest BCUT2D eigenvalue weighted by Crippen LogP contribution is 2.34. The number of methoxy groups -OCH3 is 1. The van der Waals surface area contributed by atoms with Crippen LogP contribution in [0, 0.1) is 11.8 Å². The van der Waals surface area contributed by atoms with E-state index in [9.17, 15) is 4.79 Å². The second-order valence-corrected chi connectivity index (χ2v) is 5.81. The number of carbonyl (C=O) groups is 1. The van der Waals surface area contributed by atoms with Crippen molar-refractivity contribution in [3.05, 3.63) is 42.0 Å². The van der Waals surface area contributed by atoms with E-state index in [0.717, 1.165) is 28.5 Å². The van der Waals surface area contributed by atoms with Crippen molar-refractivity contribution in [1.29, 1.82) is 0 Å². The molecule has 0 saturated heterocycles. The number of hydrogen-bond donors (Lipinski definition) is 0. The number of fused-ring (bicyclic) bond motifs is 1. The first-order chi connectivity index (χ1) is 9.69. The van der Waals surface area contributed by atoms with E-state index in [2.05, 4.69) is 6.92 Å². The molecule has 2 heteroatoms. The van der Waals surface area contributed by atoms with Gasteiger partial charge in [0, 0.05) is 11.5 Å². The molecule has 2 aromatic carbocycles. The summed E-state index contributed by atoms with van der Waals surface area (Å²) < 4.78 is 5.23. The zero-order valence-corrected chi connectivity index (χ0v) is 12.1. The lowest BCUT2D eigenvalue weighted by atomic mass is 9.89. The Morgan fingerprint density at radius 3 is 2.55 bits per heavy atom. The molecule has 0 N–H and O–H groups in total. The molecular weight excluding hydrogens is 248 g/mol. The third kappa shape index (κ3) is 2.31. The first-order valence-corrected chi connectivity index (χ1v) is 7.31. The molecule has 0 bridgehead atoms. The van der Waals surface area contributed by atoms with E-state index in [0.29, 0.717) is 11.7 Å². The molecule has 0 radical (unpaired) electrons. The van der Waals surface area contributed by atoms with Crippen LogP contribution in [-0.4, -0.2) is 12.9 Å². The molecule has 0 heterocycles. The first-order valence-electron chi connectivity index (χ1n) is 7.31. The van der Waals surface area contributed by atoms with E-state index >= 15 is 0 Å². The highest BCUT2D eigenvalue weighted by molar-refractivity contribution is 6.01. The molecule has 1 fully saturated rings. The Labute approximate surface area is 119 Å². The number of carbonyl (C=O) groups excluding carboxylic acids is 1. The summed E-state index contributed by atoms with van der Waals surface area (Å²) in [7, 11) is 1.67. The molecular formula is C18H20O2. The lowest BCUT2D eigenvalue weighted by Gasteiger charge is -2.14. The standard InChI is InChI=1S/C18H20O2/c1-12-4-3-5-17(12)18(19)15-7-6-14-11-16(20-2)9-8-13(14)10-15/h6-12,17H,3-5H2,1-2H3. The SMILES string of the molecule is COc1ccc2cc(C(=O)C3CCCC3C)ccc2c1.